The van der Waals surface area contributed by atoms with E-state index >= 15 is 0 Å². The fourth-order valence-electron chi connectivity index (χ4n) is 26.7. The van der Waals surface area contributed by atoms with Gasteiger partial charge in [-0.25, -0.2) is 43.1 Å². The van der Waals surface area contributed by atoms with Crippen LogP contribution in [0.1, 0.15) is 221 Å². The van der Waals surface area contributed by atoms with Crippen LogP contribution in [0.2, 0.25) is 0 Å². The summed E-state index contributed by atoms with van der Waals surface area (Å²) in [7, 11) is 0. The van der Waals surface area contributed by atoms with Crippen molar-refractivity contribution in [3.63, 3.8) is 0 Å². The van der Waals surface area contributed by atoms with E-state index in [1.807, 2.05) is 41.7 Å². The van der Waals surface area contributed by atoms with Crippen LogP contribution in [0.3, 0.4) is 0 Å². The number of anilines is 9. The summed E-state index contributed by atoms with van der Waals surface area (Å²) in [5.74, 6) is 0.802. The molecule has 1 atom stereocenters. The second-order valence-electron chi connectivity index (χ2n) is 47.4. The maximum Gasteiger partial charge on any atom is 0.238 e. The predicted molar refractivity (Wildman–Crippen MR) is 568 cm³/mol. The molecule has 26 rings (SSSR count). The first-order valence-electron chi connectivity index (χ1n) is 54.0. The van der Waals surface area contributed by atoms with E-state index in [9.17, 15) is 42.3 Å². The minimum absolute atomic E-state index is 0.0560. The number of fused-ring (bicyclic) bond motifs is 9. The number of nitrogens with zero attached hydrogens (tertiary/aromatic N) is 21. The number of carbonyl (C=O) groups excluding carboxylic acids is 5. The van der Waals surface area contributed by atoms with Gasteiger partial charge < -0.3 is 64.0 Å². The first-order valence-corrected chi connectivity index (χ1v) is 54.0. The number of rotatable bonds is 19. The number of aliphatic hydroxyl groups excluding tert-OH is 1. The molecule has 5 amide bonds. The zero-order chi connectivity index (χ0) is 103. The number of imidazole rings is 3. The van der Waals surface area contributed by atoms with Crippen LogP contribution in [0.15, 0.2) is 147 Å². The Labute approximate surface area is 866 Å². The number of β-amino-alcohol motifs (C(OH)–C–C–N with tert-alkyl or cyclic N) is 1. The summed E-state index contributed by atoms with van der Waals surface area (Å²) >= 11 is 0. The number of aromatic nitrogens is 12. The van der Waals surface area contributed by atoms with Crippen LogP contribution >= 0.6 is 0 Å². The first kappa shape index (κ1) is 98.3. The van der Waals surface area contributed by atoms with Gasteiger partial charge in [-0.05, 0) is 253 Å². The second kappa shape index (κ2) is 37.4. The normalized spacial score (nSPS) is 24.4. The smallest absolute Gasteiger partial charge is 0.238 e. The van der Waals surface area contributed by atoms with Gasteiger partial charge in [0.25, 0.3) is 0 Å². The van der Waals surface area contributed by atoms with Crippen molar-refractivity contribution in [3.8, 4) is 33.8 Å². The number of hydrogen-bond donors (Lipinski definition) is 4. The fraction of sp³-hybridized carbons (Fsp3) is 0.513. The van der Waals surface area contributed by atoms with E-state index < -0.39 is 33.7 Å². The SMILES string of the molecule is CC(=O)N1CCC2(CC1)C(=O)N(C1CC(N3CCC(C)(C)C3)C1)c1cc(-c3cc4ncn(C(C)C)c4c(Nc4ccncc4F)n3)ccc12.CC(=O)N1CCC2(CC1)C(=O)N(C1CC(N3CCC4(CC4)C3)C1)c1cc(-c3cc4ncn(C(C)C)c4c(Nc4ccncc4F)n3)ccc12.CC(C)n1cnc2cc(-c3ccc4c(c3)N(C3CC(N5C[C@@H](O)C(C)(C)C5)C3)C(=O)C43CCN(C4COC4)CC3)nc(Nc3ccncc3F)c21. The van der Waals surface area contributed by atoms with Crippen LogP contribution in [-0.2, 0) is 45.0 Å². The van der Waals surface area contributed by atoms with Crippen molar-refractivity contribution in [2.75, 3.05) is 122 Å². The van der Waals surface area contributed by atoms with Crippen molar-refractivity contribution in [3.05, 3.63) is 181 Å². The minimum atomic E-state index is -0.639. The monoisotopic (exact) mass is 2020 g/mol. The summed E-state index contributed by atoms with van der Waals surface area (Å²) in [5.41, 5.74) is 15.3. The molecule has 0 bridgehead atoms. The molecule has 4 spiro atoms. The van der Waals surface area contributed by atoms with Gasteiger partial charge in [0.15, 0.2) is 34.9 Å². The number of nitrogens with one attached hydrogen (secondary N) is 3. The highest BCUT2D eigenvalue weighted by molar-refractivity contribution is 6.12. The van der Waals surface area contributed by atoms with Gasteiger partial charge in [0.05, 0.1) is 130 Å². The third-order valence-corrected chi connectivity index (χ3v) is 36.4. The molecule has 11 fully saturated rings. The minimum Gasteiger partial charge on any atom is -0.391 e. The molecule has 9 aromatic heterocycles. The molecule has 4 N–H and O–H groups in total. The number of hydrogen-bond acceptors (Lipinski definition) is 23. The molecular weight excluding hydrogens is 1890 g/mol. The zero-order valence-electron chi connectivity index (χ0n) is 87.3. The highest BCUT2D eigenvalue weighted by atomic mass is 19.1. The van der Waals surface area contributed by atoms with Gasteiger partial charge in [-0.1, -0.05) is 64.1 Å². The van der Waals surface area contributed by atoms with E-state index in [0.29, 0.717) is 128 Å². The van der Waals surface area contributed by atoms with Crippen molar-refractivity contribution >= 4 is 114 Å². The van der Waals surface area contributed by atoms with Crippen LogP contribution in [0.4, 0.5) is 64.7 Å². The number of aliphatic hydroxyl groups is 1. The third-order valence-electron chi connectivity index (χ3n) is 36.4. The molecule has 34 heteroatoms. The number of benzene rings is 3. The van der Waals surface area contributed by atoms with E-state index in [-0.39, 0.29) is 94.4 Å². The molecule has 3 aromatic carbocycles. The summed E-state index contributed by atoms with van der Waals surface area (Å²) in [6.45, 7) is 36.4. The summed E-state index contributed by atoms with van der Waals surface area (Å²) in [6.07, 6.45) is 28.3. The Hall–Kier alpha value is -12.7. The van der Waals surface area contributed by atoms with E-state index in [4.69, 9.17) is 34.6 Å². The Bertz CT molecular complexity index is 7020. The van der Waals surface area contributed by atoms with E-state index in [2.05, 4.69) is 189 Å². The molecule has 7 saturated heterocycles. The van der Waals surface area contributed by atoms with Gasteiger partial charge in [0.2, 0.25) is 29.5 Å². The maximum absolute atomic E-state index is 14.8. The molecule has 12 aromatic rings. The van der Waals surface area contributed by atoms with Crippen molar-refractivity contribution in [1.82, 2.24) is 88.0 Å². The standard InChI is InChI=1S/C39H47FN8O3.C38H43FN8O2.C38H45FN8O2/c1-23(2)47-22-42-32-16-31(44-36(35(32)47)43-30-7-10-41-17-29(30)40)24-5-6-28-33(13-24)48(26-14-25(15-26)46-18-34(49)38(3,4)21-46)37(50)39(28)8-11-45(12-9-39)27-19-51-20-27;1-23(2)46-22-41-32-19-31(43-35(34(32)46)42-30-6-12-40-20-29(30)39)25-4-5-28-33(16-25)47(36(49)38(28)10-14-44(15-11-38)24(3)48)27-17-26(18-27)45-13-9-37(21-45)7-8-37;1-23(2)46-22-41-32-19-31(43-35(34(32)46)42-30-8-12-40-20-29(30)39)25-6-7-28-33(16-25)47(27-17-26(18-27)45-13-9-37(4,5)21-45)36(49)38(28)10-14-44(15-11-38)24(3)48/h5-7,10,13,16-17,22-23,25-27,34,49H,8-9,11-12,14-15,18-21H2,1-4H3,(H,41,43,44);4-6,12,16,19-20,22-23,26-27H,7-11,13-15,17-18,21H2,1-3H3,(H,40,42,43);6-8,12,16,19-20,22-23,26-27H,9-11,13-15,17-18,21H2,1-5H3,(H,40,42,43)/t25?,26?,34-;;/m1../s1. The molecule has 778 valence electrons. The average molecular weight is 2020 g/mol. The highest BCUT2D eigenvalue weighted by Crippen LogP contribution is 2.60. The Kier molecular flexibility index (Phi) is 24.7. The van der Waals surface area contributed by atoms with Crippen LogP contribution in [0.25, 0.3) is 66.9 Å². The Balaban J connectivity index is 0.000000119. The van der Waals surface area contributed by atoms with Gasteiger partial charge in [-0.3, -0.25) is 58.5 Å². The molecule has 0 radical (unpaired) electrons. The number of piperidine rings is 3. The van der Waals surface area contributed by atoms with Gasteiger partial charge in [0, 0.05) is 178 Å². The lowest BCUT2D eigenvalue weighted by Gasteiger charge is -2.47. The lowest BCUT2D eigenvalue weighted by molar-refractivity contribution is -0.134. The van der Waals surface area contributed by atoms with Gasteiger partial charge >= 0.3 is 0 Å². The highest BCUT2D eigenvalue weighted by Gasteiger charge is 2.62. The Morgan fingerprint density at radius 2 is 0.745 bits per heavy atom. The van der Waals surface area contributed by atoms with Crippen molar-refractivity contribution < 1.29 is 47.0 Å². The number of pyridine rings is 6. The number of ether oxygens (including phenoxy) is 1. The van der Waals surface area contributed by atoms with E-state index in [1.54, 1.807) is 69.6 Å². The maximum atomic E-state index is 14.8. The average Bonchev–Trinajstić information content (AvgIpc) is 1.56. The molecular formula is C115H135F3N24O7. The first-order chi connectivity index (χ1) is 71.6. The van der Waals surface area contributed by atoms with Crippen LogP contribution < -0.4 is 30.7 Å². The Morgan fingerprint density at radius 3 is 1.05 bits per heavy atom. The zero-order valence-corrected chi connectivity index (χ0v) is 87.3. The topological polar surface area (TPSA) is 311 Å². The van der Waals surface area contributed by atoms with Crippen molar-refractivity contribution in [2.45, 2.75) is 269 Å². The molecule has 4 aliphatic carbocycles. The van der Waals surface area contributed by atoms with Crippen LogP contribution in [-0.4, -0.2) is 263 Å². The number of likely N-dealkylation sites (tertiary alicyclic amines) is 6. The summed E-state index contributed by atoms with van der Waals surface area (Å²) in [5, 5.41) is 20.4. The fourth-order valence-corrected chi connectivity index (χ4v) is 26.7. The Morgan fingerprint density at radius 1 is 0.403 bits per heavy atom. The predicted octanol–water partition coefficient (Wildman–Crippen LogP) is 17.9. The number of amides is 5. The lowest BCUT2D eigenvalue weighted by Crippen LogP contribution is -2.59. The van der Waals surface area contributed by atoms with Crippen molar-refractivity contribution in [2.24, 2.45) is 16.2 Å². The molecule has 10 aliphatic heterocycles. The van der Waals surface area contributed by atoms with Gasteiger partial charge in [-0.2, -0.15) is 0 Å². The van der Waals surface area contributed by atoms with Crippen LogP contribution in [0.5, 0.6) is 0 Å². The van der Waals surface area contributed by atoms with Gasteiger partial charge in [0.1, 0.15) is 16.6 Å². The summed E-state index contributed by atoms with van der Waals surface area (Å²) in [4.78, 5) is 130. The molecule has 14 aliphatic rings. The van der Waals surface area contributed by atoms with Crippen molar-refractivity contribution in [1.29, 1.82) is 0 Å². The molecule has 31 nitrogen and oxygen atoms in total. The third kappa shape index (κ3) is 17.2. The van der Waals surface area contributed by atoms with Gasteiger partial charge in [-0.15, -0.1) is 0 Å². The summed E-state index contributed by atoms with van der Waals surface area (Å²) < 4.78 is 56.0. The van der Waals surface area contributed by atoms with Crippen LogP contribution in [0, 0.1) is 33.7 Å². The number of carbonyl (C=O) groups is 5. The molecule has 19 heterocycles. The van der Waals surface area contributed by atoms with E-state index in [1.165, 1.54) is 57.4 Å². The second-order valence-corrected chi connectivity index (χ2v) is 47.4. The quantitative estimate of drug-likeness (QED) is 0.0584. The van der Waals surface area contributed by atoms with E-state index in [0.717, 1.165) is 181 Å². The molecule has 4 saturated carbocycles. The summed E-state index contributed by atoms with van der Waals surface area (Å²) in [6, 6.07) is 32.3. The molecule has 149 heavy (non-hydrogen) atoms. The molecule has 0 unspecified atom stereocenters. The lowest BCUT2D eigenvalue weighted by atomic mass is 9.73. The number of halogens is 3. The largest absolute Gasteiger partial charge is 0.391 e.